The van der Waals surface area contributed by atoms with Crippen LogP contribution in [0.4, 0.5) is 0 Å². The van der Waals surface area contributed by atoms with Gasteiger partial charge in [0, 0.05) is 12.0 Å². The molecule has 0 aliphatic heterocycles. The van der Waals surface area contributed by atoms with Crippen LogP contribution in [0.15, 0.2) is 5.11 Å². The molecule has 0 unspecified atom stereocenters. The molecule has 18 heavy (non-hydrogen) atoms. The summed E-state index contributed by atoms with van der Waals surface area (Å²) in [5.41, 5.74) is 5.98. The summed E-state index contributed by atoms with van der Waals surface area (Å²) in [5, 5.41) is 3.67. The van der Waals surface area contributed by atoms with Crippen LogP contribution in [0.5, 0.6) is 0 Å². The van der Waals surface area contributed by atoms with Gasteiger partial charge in [-0.2, -0.15) is 0 Å². The Morgan fingerprint density at radius 3 is 2.44 bits per heavy atom. The summed E-state index contributed by atoms with van der Waals surface area (Å²) in [6, 6.07) is 0. The molecule has 0 fully saturated rings. The van der Waals surface area contributed by atoms with Gasteiger partial charge < -0.3 is 4.55 Å². The Hall–Kier alpha value is -0.390. The Labute approximate surface area is 126 Å². The molecule has 0 spiro atoms. The van der Waals surface area contributed by atoms with Crippen molar-refractivity contribution in [3.05, 3.63) is 10.4 Å². The summed E-state index contributed by atoms with van der Waals surface area (Å²) in [4.78, 5) is 18.5. The number of carbonyl (C=O) groups is 1. The molecule has 0 aromatic heterocycles. The van der Waals surface area contributed by atoms with E-state index in [9.17, 15) is 17.8 Å². The van der Waals surface area contributed by atoms with E-state index >= 15 is 0 Å². The first-order valence-corrected chi connectivity index (χ1v) is 5.49. The zero-order valence-corrected chi connectivity index (χ0v) is 13.2. The maximum absolute atomic E-state index is 11.7. The van der Waals surface area contributed by atoms with Crippen LogP contribution in [-0.4, -0.2) is 50.2 Å². The first kappa shape index (κ1) is 19.9. The molecule has 0 aromatic rings. The van der Waals surface area contributed by atoms with Gasteiger partial charge in [0.2, 0.25) is 10.4 Å². The standard InChI is InChI=1S/C6H12N4O6S.Na/c1-6(4-8-9-7,16-17(12,13)14)5(11)10(2)15-3;/h4H2,1-3H3,(H,12,13,14);/q;+1/p-1/t6-;/m0./s1. The number of likely N-dealkylation sites (N-methyl/N-ethyl adjacent to an activating group) is 1. The van der Waals surface area contributed by atoms with E-state index in [2.05, 4.69) is 19.0 Å². The van der Waals surface area contributed by atoms with Crippen molar-refractivity contribution in [3.8, 4) is 0 Å². The molecule has 0 aromatic carbocycles. The zero-order chi connectivity index (χ0) is 13.7. The number of hydrogen-bond acceptors (Lipinski definition) is 7. The maximum atomic E-state index is 11.7. The number of carbonyl (C=O) groups excluding carboxylic acids is 1. The summed E-state index contributed by atoms with van der Waals surface area (Å²) in [6.45, 7) is 0.326. The van der Waals surface area contributed by atoms with Crippen molar-refractivity contribution in [2.75, 3.05) is 20.7 Å². The Kier molecular flexibility index (Phi) is 8.77. The molecule has 0 N–H and O–H groups in total. The molecule has 98 valence electrons. The van der Waals surface area contributed by atoms with Crippen LogP contribution in [0.25, 0.3) is 10.4 Å². The van der Waals surface area contributed by atoms with Crippen molar-refractivity contribution in [2.45, 2.75) is 12.5 Å². The Balaban J connectivity index is 0. The van der Waals surface area contributed by atoms with E-state index < -0.39 is 28.5 Å². The van der Waals surface area contributed by atoms with Crippen LogP contribution < -0.4 is 29.6 Å². The van der Waals surface area contributed by atoms with Crippen molar-refractivity contribution in [1.29, 1.82) is 0 Å². The van der Waals surface area contributed by atoms with Crippen LogP contribution in [0.1, 0.15) is 6.92 Å². The smallest absolute Gasteiger partial charge is 0.725 e. The van der Waals surface area contributed by atoms with E-state index in [0.29, 0.717) is 5.06 Å². The van der Waals surface area contributed by atoms with Gasteiger partial charge in [0.05, 0.1) is 13.7 Å². The number of hydroxylamine groups is 2. The molecular formula is C6H11N4NaO6S. The molecular weight excluding hydrogens is 279 g/mol. The van der Waals surface area contributed by atoms with E-state index in [-0.39, 0.29) is 29.6 Å². The van der Waals surface area contributed by atoms with Gasteiger partial charge in [0.15, 0.2) is 5.60 Å². The largest absolute Gasteiger partial charge is 1.00 e. The third-order valence-corrected chi connectivity index (χ3v) is 2.31. The van der Waals surface area contributed by atoms with Crippen molar-refractivity contribution >= 4 is 16.3 Å². The predicted octanol–water partition coefficient (Wildman–Crippen LogP) is -3.44. The summed E-state index contributed by atoms with van der Waals surface area (Å²) in [7, 11) is -2.81. The fraction of sp³-hybridized carbons (Fsp3) is 0.833. The number of azide groups is 1. The second-order valence-electron chi connectivity index (χ2n) is 3.10. The predicted molar refractivity (Wildman–Crippen MR) is 53.0 cm³/mol. The van der Waals surface area contributed by atoms with Crippen LogP contribution in [-0.2, 0) is 24.2 Å². The number of amides is 1. The molecule has 0 aliphatic carbocycles. The van der Waals surface area contributed by atoms with Gasteiger partial charge in [0.25, 0.3) is 5.91 Å². The molecule has 0 saturated heterocycles. The summed E-state index contributed by atoms with van der Waals surface area (Å²) < 4.78 is 35.6. The Morgan fingerprint density at radius 1 is 1.61 bits per heavy atom. The van der Waals surface area contributed by atoms with Gasteiger partial charge in [-0.25, -0.2) is 13.5 Å². The van der Waals surface area contributed by atoms with Crippen LogP contribution >= 0.6 is 0 Å². The second kappa shape index (κ2) is 7.92. The van der Waals surface area contributed by atoms with Gasteiger partial charge in [-0.05, 0) is 12.5 Å². The number of nitrogens with zero attached hydrogens (tertiary/aromatic N) is 4. The normalized spacial score (nSPS) is 13.8. The maximum Gasteiger partial charge on any atom is 1.00 e. The van der Waals surface area contributed by atoms with Gasteiger partial charge in [-0.3, -0.25) is 13.8 Å². The van der Waals surface area contributed by atoms with Crippen LogP contribution in [0.2, 0.25) is 0 Å². The van der Waals surface area contributed by atoms with Gasteiger partial charge in [-0.1, -0.05) is 5.11 Å². The minimum atomic E-state index is -5.14. The van der Waals surface area contributed by atoms with Crippen LogP contribution in [0.3, 0.4) is 0 Å². The minimum absolute atomic E-state index is 0. The zero-order valence-electron chi connectivity index (χ0n) is 10.4. The Morgan fingerprint density at radius 2 is 2.11 bits per heavy atom. The van der Waals surface area contributed by atoms with Crippen LogP contribution in [0, 0.1) is 0 Å². The van der Waals surface area contributed by atoms with E-state index in [0.717, 1.165) is 14.0 Å². The van der Waals surface area contributed by atoms with E-state index in [1.54, 1.807) is 0 Å². The molecule has 0 saturated carbocycles. The van der Waals surface area contributed by atoms with E-state index in [1.165, 1.54) is 7.05 Å². The van der Waals surface area contributed by atoms with Gasteiger partial charge in [0.1, 0.15) is 0 Å². The van der Waals surface area contributed by atoms with Crippen molar-refractivity contribution in [3.63, 3.8) is 0 Å². The SMILES string of the molecule is CON(C)C(=O)[C@](C)(CN=[N+]=[N-])OS(=O)(=O)[O-].[Na+]. The average Bonchev–Trinajstić information content (AvgIpc) is 2.21. The fourth-order valence-electron chi connectivity index (χ4n) is 0.937. The second-order valence-corrected chi connectivity index (χ2v) is 4.08. The monoisotopic (exact) mass is 290 g/mol. The third kappa shape index (κ3) is 6.52. The molecule has 0 bridgehead atoms. The summed E-state index contributed by atoms with van der Waals surface area (Å²) >= 11 is 0. The van der Waals surface area contributed by atoms with Gasteiger partial charge >= 0.3 is 29.6 Å². The Bertz CT molecular complexity index is 435. The molecule has 0 radical (unpaired) electrons. The third-order valence-electron chi connectivity index (χ3n) is 1.73. The topological polar surface area (TPSA) is 145 Å². The number of hydrogen-bond donors (Lipinski definition) is 0. The van der Waals surface area contributed by atoms with Crippen molar-refractivity contribution in [1.82, 2.24) is 5.06 Å². The quantitative estimate of drug-likeness (QED) is 0.0946. The summed E-state index contributed by atoms with van der Waals surface area (Å²) in [6.07, 6.45) is 0. The molecule has 1 atom stereocenters. The van der Waals surface area contributed by atoms with Crippen molar-refractivity contribution < 1.29 is 56.3 Å². The van der Waals surface area contributed by atoms with Crippen molar-refractivity contribution in [2.24, 2.45) is 5.11 Å². The molecule has 10 nitrogen and oxygen atoms in total. The first-order valence-electron chi connectivity index (χ1n) is 4.16. The van der Waals surface area contributed by atoms with E-state index in [4.69, 9.17) is 5.53 Å². The molecule has 0 aliphatic rings. The average molecular weight is 290 g/mol. The van der Waals surface area contributed by atoms with Gasteiger partial charge in [-0.15, -0.1) is 0 Å². The molecule has 0 rings (SSSR count). The minimum Gasteiger partial charge on any atom is -0.725 e. The molecule has 1 amide bonds. The van der Waals surface area contributed by atoms with E-state index in [1.807, 2.05) is 0 Å². The molecule has 12 heteroatoms. The fourth-order valence-corrected chi connectivity index (χ4v) is 1.51. The molecule has 0 heterocycles. The summed E-state index contributed by atoms with van der Waals surface area (Å²) in [5.74, 6) is -0.980. The first-order chi connectivity index (χ1) is 7.66. The number of rotatable bonds is 6.